The smallest absolute Gasteiger partial charge is 0.180 e. The van der Waals surface area contributed by atoms with Gasteiger partial charge < -0.3 is 10.6 Å². The summed E-state index contributed by atoms with van der Waals surface area (Å²) in [4.78, 5) is 6.38. The molecule has 3 aromatic rings. The Morgan fingerprint density at radius 2 is 1.95 bits per heavy atom. The summed E-state index contributed by atoms with van der Waals surface area (Å²) in [6, 6.07) is 9.62. The van der Waals surface area contributed by atoms with Gasteiger partial charge in [-0.25, -0.2) is 10.1 Å². The predicted octanol–water partition coefficient (Wildman–Crippen LogP) is 1.58. The Morgan fingerprint density at radius 1 is 1.10 bits per heavy atom. The molecule has 0 fully saturated rings. The second-order valence-electron chi connectivity index (χ2n) is 4.85. The lowest BCUT2D eigenvalue weighted by Crippen LogP contribution is -2.10. The van der Waals surface area contributed by atoms with Gasteiger partial charge in [-0.05, 0) is 40.3 Å². The number of hydrogen-bond acceptors (Lipinski definition) is 6. The van der Waals surface area contributed by atoms with Crippen LogP contribution in [0.1, 0.15) is 0 Å². The van der Waals surface area contributed by atoms with Gasteiger partial charge in [0.05, 0.1) is 0 Å². The average molecular weight is 281 g/mol. The van der Waals surface area contributed by atoms with Gasteiger partial charge in [0.15, 0.2) is 5.82 Å². The Morgan fingerprint density at radius 3 is 2.57 bits per heavy atom. The van der Waals surface area contributed by atoms with Crippen LogP contribution < -0.4 is 10.6 Å². The number of pyridine rings is 1. The lowest BCUT2D eigenvalue weighted by Gasteiger charge is -2.12. The highest BCUT2D eigenvalue weighted by molar-refractivity contribution is 5.82. The van der Waals surface area contributed by atoms with E-state index < -0.39 is 0 Å². The van der Waals surface area contributed by atoms with Crippen LogP contribution >= 0.6 is 0 Å². The first-order chi connectivity index (χ1) is 10.1. The van der Waals surface area contributed by atoms with Crippen LogP contribution in [0, 0.1) is 0 Å². The molecule has 0 aliphatic rings. The van der Waals surface area contributed by atoms with Gasteiger partial charge in [0.2, 0.25) is 0 Å². The molecular formula is C14H15N7. The molecule has 21 heavy (non-hydrogen) atoms. The molecule has 0 spiro atoms. The normalized spacial score (nSPS) is 10.6. The molecule has 7 heteroatoms. The molecule has 7 nitrogen and oxygen atoms in total. The number of benzene rings is 1. The molecule has 0 amide bonds. The molecular weight excluding hydrogens is 266 g/mol. The number of tetrazole rings is 1. The van der Waals surface area contributed by atoms with E-state index in [0.717, 1.165) is 22.5 Å². The van der Waals surface area contributed by atoms with Crippen LogP contribution in [0.25, 0.3) is 22.5 Å². The molecule has 0 atom stereocenters. The van der Waals surface area contributed by atoms with Crippen LogP contribution in [0.4, 0.5) is 11.5 Å². The lowest BCUT2D eigenvalue weighted by molar-refractivity contribution is 0.881. The highest BCUT2D eigenvalue weighted by atomic mass is 15.5. The third-order valence-corrected chi connectivity index (χ3v) is 3.16. The van der Waals surface area contributed by atoms with E-state index in [1.165, 1.54) is 0 Å². The van der Waals surface area contributed by atoms with Gasteiger partial charge in [-0.15, -0.1) is 5.10 Å². The topological polar surface area (TPSA) is 96.6 Å². The van der Waals surface area contributed by atoms with E-state index in [9.17, 15) is 0 Å². The van der Waals surface area contributed by atoms with E-state index in [2.05, 4.69) is 25.6 Å². The van der Waals surface area contributed by atoms with Crippen molar-refractivity contribution in [2.45, 2.75) is 0 Å². The third-order valence-electron chi connectivity index (χ3n) is 3.16. The fraction of sp³-hybridized carbons (Fsp3) is 0.143. The van der Waals surface area contributed by atoms with Crippen molar-refractivity contribution in [1.82, 2.24) is 25.6 Å². The van der Waals surface area contributed by atoms with E-state index >= 15 is 0 Å². The van der Waals surface area contributed by atoms with Crippen molar-refractivity contribution in [1.29, 1.82) is 0 Å². The van der Waals surface area contributed by atoms with Crippen LogP contribution in [-0.2, 0) is 0 Å². The van der Waals surface area contributed by atoms with E-state index in [-0.39, 0.29) is 0 Å². The van der Waals surface area contributed by atoms with Crippen molar-refractivity contribution in [3.63, 3.8) is 0 Å². The number of H-pyrrole nitrogens is 1. The molecule has 2 aromatic heterocycles. The molecule has 0 aliphatic heterocycles. The van der Waals surface area contributed by atoms with E-state index in [1.54, 1.807) is 0 Å². The van der Waals surface area contributed by atoms with Gasteiger partial charge in [-0.3, -0.25) is 0 Å². The quantitative estimate of drug-likeness (QED) is 0.707. The Hall–Kier alpha value is -2.96. The van der Waals surface area contributed by atoms with Gasteiger partial charge in [0, 0.05) is 37.1 Å². The number of nitrogen functional groups attached to an aromatic ring is 1. The highest BCUT2D eigenvalue weighted by Crippen LogP contribution is 2.31. The molecule has 0 saturated heterocycles. The second kappa shape index (κ2) is 5.20. The Kier molecular flexibility index (Phi) is 3.23. The van der Waals surface area contributed by atoms with Gasteiger partial charge >= 0.3 is 0 Å². The number of hydrogen-bond donors (Lipinski definition) is 2. The zero-order valence-corrected chi connectivity index (χ0v) is 11.8. The summed E-state index contributed by atoms with van der Waals surface area (Å²) in [5, 5.41) is 14.0. The molecule has 0 bridgehead atoms. The minimum absolute atomic E-state index is 0.578. The van der Waals surface area contributed by atoms with Crippen LogP contribution in [0.2, 0.25) is 0 Å². The van der Waals surface area contributed by atoms with Crippen LogP contribution in [0.5, 0.6) is 0 Å². The van der Waals surface area contributed by atoms with Crippen molar-refractivity contribution >= 4 is 11.5 Å². The summed E-state index contributed by atoms with van der Waals surface area (Å²) in [7, 11) is 3.91. The summed E-state index contributed by atoms with van der Waals surface area (Å²) in [6.07, 6.45) is 1.83. The molecule has 3 N–H and O–H groups in total. The fourth-order valence-corrected chi connectivity index (χ4v) is 2.09. The number of aromatic amines is 1. The number of anilines is 2. The maximum atomic E-state index is 5.87. The molecule has 2 heterocycles. The first kappa shape index (κ1) is 13.0. The first-order valence-corrected chi connectivity index (χ1v) is 6.42. The van der Waals surface area contributed by atoms with Gasteiger partial charge in [0.25, 0.3) is 0 Å². The zero-order valence-electron chi connectivity index (χ0n) is 11.8. The summed E-state index contributed by atoms with van der Waals surface area (Å²) >= 11 is 0. The standard InChI is InChI=1S/C14H15N7/c1-21(2)13-6-3-9(8-16-13)11-5-4-10(15)7-12(11)14-17-19-20-18-14/h3-8H,15H2,1-2H3,(H,17,18,19,20). The van der Waals surface area contributed by atoms with Gasteiger partial charge in [-0.2, -0.15) is 0 Å². The summed E-state index contributed by atoms with van der Waals surface area (Å²) in [5.74, 6) is 1.48. The third kappa shape index (κ3) is 2.53. The average Bonchev–Trinajstić information content (AvgIpc) is 3.01. The maximum absolute atomic E-state index is 5.87. The highest BCUT2D eigenvalue weighted by Gasteiger charge is 2.11. The maximum Gasteiger partial charge on any atom is 0.180 e. The Balaban J connectivity index is 2.10. The van der Waals surface area contributed by atoms with E-state index in [4.69, 9.17) is 5.73 Å². The number of nitrogens with two attached hydrogens (primary N) is 1. The molecule has 3 rings (SSSR count). The first-order valence-electron chi connectivity index (χ1n) is 6.42. The molecule has 0 radical (unpaired) electrons. The molecule has 106 valence electrons. The molecule has 0 saturated carbocycles. The number of rotatable bonds is 3. The zero-order chi connectivity index (χ0) is 14.8. The van der Waals surface area contributed by atoms with Crippen LogP contribution in [0.3, 0.4) is 0 Å². The number of aromatic nitrogens is 5. The van der Waals surface area contributed by atoms with Gasteiger partial charge in [-0.1, -0.05) is 6.07 Å². The largest absolute Gasteiger partial charge is 0.399 e. The Bertz CT molecular complexity index is 733. The summed E-state index contributed by atoms with van der Waals surface area (Å²) < 4.78 is 0. The summed E-state index contributed by atoms with van der Waals surface area (Å²) in [5.41, 5.74) is 9.32. The minimum atomic E-state index is 0.578. The number of nitrogens with zero attached hydrogens (tertiary/aromatic N) is 5. The van der Waals surface area contributed by atoms with E-state index in [0.29, 0.717) is 11.5 Å². The predicted molar refractivity (Wildman–Crippen MR) is 81.6 cm³/mol. The lowest BCUT2D eigenvalue weighted by atomic mass is 10.00. The monoisotopic (exact) mass is 281 g/mol. The van der Waals surface area contributed by atoms with E-state index in [1.807, 2.05) is 55.5 Å². The van der Waals surface area contributed by atoms with Crippen molar-refractivity contribution in [3.05, 3.63) is 36.5 Å². The van der Waals surface area contributed by atoms with Crippen molar-refractivity contribution in [3.8, 4) is 22.5 Å². The SMILES string of the molecule is CN(C)c1ccc(-c2ccc(N)cc2-c2nnn[nH]2)cn1. The van der Waals surface area contributed by atoms with Crippen molar-refractivity contribution in [2.75, 3.05) is 24.7 Å². The second-order valence-corrected chi connectivity index (χ2v) is 4.85. The minimum Gasteiger partial charge on any atom is -0.399 e. The molecule has 0 unspecified atom stereocenters. The number of nitrogens with one attached hydrogen (secondary N) is 1. The van der Waals surface area contributed by atoms with Crippen LogP contribution in [-0.4, -0.2) is 39.7 Å². The molecule has 1 aromatic carbocycles. The fourth-order valence-electron chi connectivity index (χ4n) is 2.09. The van der Waals surface area contributed by atoms with Gasteiger partial charge in [0.1, 0.15) is 5.82 Å². The van der Waals surface area contributed by atoms with Crippen molar-refractivity contribution < 1.29 is 0 Å². The van der Waals surface area contributed by atoms with Crippen molar-refractivity contribution in [2.24, 2.45) is 0 Å². The summed E-state index contributed by atoms with van der Waals surface area (Å²) in [6.45, 7) is 0. The Labute approximate surface area is 121 Å². The van der Waals surface area contributed by atoms with Crippen LogP contribution in [0.15, 0.2) is 36.5 Å². The molecule has 0 aliphatic carbocycles.